The Hall–Kier alpha value is -1.03. The van der Waals surface area contributed by atoms with Gasteiger partial charge in [-0.2, -0.15) is 13.2 Å². The zero-order valence-electron chi connectivity index (χ0n) is 13.4. The van der Waals surface area contributed by atoms with Gasteiger partial charge in [-0.15, -0.1) is 0 Å². The third-order valence-corrected chi connectivity index (χ3v) is 5.21. The highest BCUT2D eigenvalue weighted by atomic mass is 19.4. The number of halogens is 3. The number of nitrogens with zero attached hydrogens (tertiary/aromatic N) is 1. The van der Waals surface area contributed by atoms with Gasteiger partial charge < -0.3 is 0 Å². The van der Waals surface area contributed by atoms with E-state index in [4.69, 9.17) is 0 Å². The molecule has 0 N–H and O–H groups in total. The van der Waals surface area contributed by atoms with Gasteiger partial charge >= 0.3 is 6.18 Å². The molecule has 1 aliphatic rings. The van der Waals surface area contributed by atoms with Crippen LogP contribution in [0, 0.1) is 5.41 Å². The van der Waals surface area contributed by atoms with Gasteiger partial charge in [0.25, 0.3) is 0 Å². The summed E-state index contributed by atoms with van der Waals surface area (Å²) in [5, 5.41) is 0. The zero-order valence-corrected chi connectivity index (χ0v) is 13.4. The van der Waals surface area contributed by atoms with Crippen LogP contribution < -0.4 is 0 Å². The third kappa shape index (κ3) is 2.83. The maximum Gasteiger partial charge on any atom is 0.416 e. The molecule has 0 aromatic heterocycles. The molecule has 1 aromatic carbocycles. The van der Waals surface area contributed by atoms with Crippen LogP contribution in [-0.2, 0) is 12.6 Å². The first-order valence-corrected chi connectivity index (χ1v) is 7.40. The Morgan fingerprint density at radius 1 is 1.10 bits per heavy atom. The second-order valence-electron chi connectivity index (χ2n) is 7.21. The summed E-state index contributed by atoms with van der Waals surface area (Å²) in [6.45, 7) is 12.0. The van der Waals surface area contributed by atoms with Gasteiger partial charge in [0.05, 0.1) is 5.56 Å². The molecule has 1 heterocycles. The number of hydrogen-bond acceptors (Lipinski definition) is 1. The number of benzene rings is 1. The number of hydrogen-bond donors (Lipinski definition) is 0. The summed E-state index contributed by atoms with van der Waals surface area (Å²) in [5.74, 6) is 0. The summed E-state index contributed by atoms with van der Waals surface area (Å²) in [4.78, 5) is 2.44. The fraction of sp³-hybridized carbons (Fsp3) is 0.647. The molecule has 118 valence electrons. The first kappa shape index (κ1) is 16.3. The average molecular weight is 299 g/mol. The van der Waals surface area contributed by atoms with Crippen LogP contribution in [0.25, 0.3) is 0 Å². The van der Waals surface area contributed by atoms with E-state index in [0.29, 0.717) is 6.04 Å². The van der Waals surface area contributed by atoms with Crippen molar-refractivity contribution in [3.05, 3.63) is 35.4 Å². The van der Waals surface area contributed by atoms with E-state index in [-0.39, 0.29) is 11.0 Å². The minimum atomic E-state index is -4.26. The fourth-order valence-electron chi connectivity index (χ4n) is 3.38. The van der Waals surface area contributed by atoms with Crippen LogP contribution in [0.4, 0.5) is 13.2 Å². The van der Waals surface area contributed by atoms with Crippen LogP contribution >= 0.6 is 0 Å². The van der Waals surface area contributed by atoms with Crippen molar-refractivity contribution in [2.45, 2.75) is 58.8 Å². The minimum absolute atomic E-state index is 0.0594. The van der Waals surface area contributed by atoms with Crippen molar-refractivity contribution >= 4 is 0 Å². The summed E-state index contributed by atoms with van der Waals surface area (Å²) in [6, 6.07) is 6.08. The molecule has 1 aliphatic heterocycles. The van der Waals surface area contributed by atoms with Crippen LogP contribution in [0.5, 0.6) is 0 Å². The summed E-state index contributed by atoms with van der Waals surface area (Å²) in [7, 11) is 0. The minimum Gasteiger partial charge on any atom is -0.295 e. The molecular weight excluding hydrogens is 275 g/mol. The monoisotopic (exact) mass is 299 g/mol. The van der Waals surface area contributed by atoms with Crippen molar-refractivity contribution in [3.63, 3.8) is 0 Å². The molecule has 0 amide bonds. The molecule has 0 spiro atoms. The third-order valence-electron chi connectivity index (χ3n) is 5.21. The summed E-state index contributed by atoms with van der Waals surface area (Å²) >= 11 is 0. The second-order valence-corrected chi connectivity index (χ2v) is 7.21. The lowest BCUT2D eigenvalue weighted by Crippen LogP contribution is -2.72. The predicted molar refractivity (Wildman–Crippen MR) is 79.2 cm³/mol. The Labute approximate surface area is 125 Å². The van der Waals surface area contributed by atoms with Crippen molar-refractivity contribution < 1.29 is 13.2 Å². The van der Waals surface area contributed by atoms with Crippen LogP contribution in [0.2, 0.25) is 0 Å². The van der Waals surface area contributed by atoms with E-state index in [1.54, 1.807) is 12.1 Å². The SMILES string of the molecule is CC(C)N1CC(C)(Cc2ccc(C(F)(F)F)cc2)C1(C)C. The first-order valence-electron chi connectivity index (χ1n) is 7.40. The van der Waals surface area contributed by atoms with Gasteiger partial charge in [-0.05, 0) is 51.8 Å². The number of likely N-dealkylation sites (tertiary alicyclic amines) is 1. The average Bonchev–Trinajstić information content (AvgIpc) is 2.35. The summed E-state index contributed by atoms with van der Waals surface area (Å²) in [6.07, 6.45) is -3.45. The van der Waals surface area contributed by atoms with Gasteiger partial charge in [-0.25, -0.2) is 0 Å². The van der Waals surface area contributed by atoms with Crippen molar-refractivity contribution in [1.29, 1.82) is 0 Å². The molecule has 1 nitrogen and oxygen atoms in total. The Kier molecular flexibility index (Phi) is 3.90. The Morgan fingerprint density at radius 2 is 1.62 bits per heavy atom. The molecule has 1 saturated heterocycles. The maximum atomic E-state index is 12.6. The molecule has 4 heteroatoms. The van der Waals surface area contributed by atoms with Crippen LogP contribution in [0.3, 0.4) is 0 Å². The molecular formula is C17H24F3N. The van der Waals surface area contributed by atoms with Gasteiger partial charge in [0.2, 0.25) is 0 Å². The van der Waals surface area contributed by atoms with Gasteiger partial charge in [0.15, 0.2) is 0 Å². The second kappa shape index (κ2) is 5.01. The van der Waals surface area contributed by atoms with Gasteiger partial charge in [-0.1, -0.05) is 19.1 Å². The predicted octanol–water partition coefficient (Wildman–Crippen LogP) is 4.76. The molecule has 0 radical (unpaired) electrons. The molecule has 1 unspecified atom stereocenters. The van der Waals surface area contributed by atoms with E-state index in [0.717, 1.165) is 18.5 Å². The molecule has 21 heavy (non-hydrogen) atoms. The van der Waals surface area contributed by atoms with E-state index in [9.17, 15) is 13.2 Å². The highest BCUT2D eigenvalue weighted by Gasteiger charge is 2.55. The van der Waals surface area contributed by atoms with Crippen LogP contribution in [0.15, 0.2) is 24.3 Å². The smallest absolute Gasteiger partial charge is 0.295 e. The van der Waals surface area contributed by atoms with E-state index in [1.807, 2.05) is 0 Å². The van der Waals surface area contributed by atoms with Crippen molar-refractivity contribution in [1.82, 2.24) is 4.90 Å². The summed E-state index contributed by atoms with van der Waals surface area (Å²) < 4.78 is 37.8. The van der Waals surface area contributed by atoms with Gasteiger partial charge in [0.1, 0.15) is 0 Å². The lowest BCUT2D eigenvalue weighted by atomic mass is 9.60. The lowest BCUT2D eigenvalue weighted by molar-refractivity contribution is -0.145. The molecule has 1 aromatic rings. The van der Waals surface area contributed by atoms with E-state index >= 15 is 0 Å². The maximum absolute atomic E-state index is 12.6. The Morgan fingerprint density at radius 3 is 2.00 bits per heavy atom. The van der Waals surface area contributed by atoms with E-state index < -0.39 is 11.7 Å². The molecule has 0 saturated carbocycles. The van der Waals surface area contributed by atoms with Gasteiger partial charge in [-0.3, -0.25) is 4.90 Å². The highest BCUT2D eigenvalue weighted by Crippen LogP contribution is 2.49. The number of rotatable bonds is 3. The van der Waals surface area contributed by atoms with Crippen LogP contribution in [-0.4, -0.2) is 23.0 Å². The van der Waals surface area contributed by atoms with Crippen molar-refractivity contribution in [2.75, 3.05) is 6.54 Å². The van der Waals surface area contributed by atoms with E-state index in [2.05, 4.69) is 39.5 Å². The van der Waals surface area contributed by atoms with Crippen LogP contribution in [0.1, 0.15) is 45.7 Å². The molecule has 0 bridgehead atoms. The Bertz CT molecular complexity index is 502. The van der Waals surface area contributed by atoms with Gasteiger partial charge in [0, 0.05) is 23.5 Å². The molecule has 0 aliphatic carbocycles. The normalized spacial score (nSPS) is 26.0. The molecule has 1 fully saturated rings. The zero-order chi connectivity index (χ0) is 16.1. The highest BCUT2D eigenvalue weighted by molar-refractivity contribution is 5.27. The molecule has 2 rings (SSSR count). The van der Waals surface area contributed by atoms with Crippen molar-refractivity contribution in [3.8, 4) is 0 Å². The topological polar surface area (TPSA) is 3.24 Å². The lowest BCUT2D eigenvalue weighted by Gasteiger charge is -2.64. The largest absolute Gasteiger partial charge is 0.416 e. The molecule has 1 atom stereocenters. The quantitative estimate of drug-likeness (QED) is 0.778. The van der Waals surface area contributed by atoms with E-state index in [1.165, 1.54) is 12.1 Å². The summed E-state index contributed by atoms with van der Waals surface area (Å²) in [5.41, 5.74) is 0.552. The first-order chi connectivity index (χ1) is 9.47. The fourth-order valence-corrected chi connectivity index (χ4v) is 3.38. The Balaban J connectivity index is 2.12. The van der Waals surface area contributed by atoms with Crippen molar-refractivity contribution in [2.24, 2.45) is 5.41 Å². The standard InChI is InChI=1S/C17H24F3N/c1-12(2)21-11-16(5,15(21,3)4)10-13-6-8-14(9-7-13)17(18,19)20/h6-9,12H,10-11H2,1-5H3. The number of alkyl halides is 3.